The number of nitrogens with two attached hydrogens (primary N) is 1. The van der Waals surface area contributed by atoms with Crippen LogP contribution in [0.15, 0.2) is 47.4 Å². The first-order chi connectivity index (χ1) is 17.8. The van der Waals surface area contributed by atoms with Crippen molar-refractivity contribution >= 4 is 31.1 Å². The van der Waals surface area contributed by atoms with Crippen molar-refractivity contribution < 1.29 is 37.4 Å². The van der Waals surface area contributed by atoms with Gasteiger partial charge in [0.2, 0.25) is 0 Å². The summed E-state index contributed by atoms with van der Waals surface area (Å²) in [6.45, 7) is 4.81. The fraction of sp³-hybridized carbons (Fsp3) is 0.522. The summed E-state index contributed by atoms with van der Waals surface area (Å²) in [4.78, 5) is 26.2. The molecule has 4 N–H and O–H groups in total. The number of nitrogen functional groups attached to an aromatic ring is 1. The van der Waals surface area contributed by atoms with E-state index >= 15 is 0 Å². The highest BCUT2D eigenvalue weighted by atomic mass is 35.5. The summed E-state index contributed by atoms with van der Waals surface area (Å²) in [5.74, 6) is -0.632. The third-order valence-electron chi connectivity index (χ3n) is 5.60. The number of rotatable bonds is 11. The molecule has 0 saturated carbocycles. The first-order valence-electron chi connectivity index (χ1n) is 11.7. The Morgan fingerprint density at radius 1 is 1.32 bits per heavy atom. The molecule has 12 nitrogen and oxygen atoms in total. The number of hydrogen-bond donors (Lipinski definition) is 3. The van der Waals surface area contributed by atoms with Crippen LogP contribution in [0.1, 0.15) is 33.9 Å². The maximum absolute atomic E-state index is 14.2. The van der Waals surface area contributed by atoms with Crippen LogP contribution in [-0.2, 0) is 23.4 Å². The molecule has 3 rings (SSSR count). The van der Waals surface area contributed by atoms with Crippen LogP contribution in [-0.4, -0.2) is 62.6 Å². The molecule has 2 heterocycles. The van der Waals surface area contributed by atoms with Gasteiger partial charge >= 0.3 is 19.4 Å². The minimum Gasteiger partial charge on any atom is -0.462 e. The van der Waals surface area contributed by atoms with Crippen LogP contribution in [0.2, 0.25) is 0 Å². The molecule has 1 aliphatic rings. The number of benzene rings is 1. The SMILES string of the molecule is CC(C)OC(=O)[C@H](C)NP(=O)(Oc1ccccc1)O[C@H](C)[C@H]1O[C@@H](n2ccc(N)nc2=O)[C@@](Cl)(CF)C1O. The summed E-state index contributed by atoms with van der Waals surface area (Å²) >= 11 is 6.43. The highest BCUT2D eigenvalue weighted by Gasteiger charge is 2.59. The summed E-state index contributed by atoms with van der Waals surface area (Å²) in [6.07, 6.45) is -5.10. The van der Waals surface area contributed by atoms with Gasteiger partial charge in [0.25, 0.3) is 0 Å². The minimum atomic E-state index is -4.36. The van der Waals surface area contributed by atoms with E-state index in [-0.39, 0.29) is 11.6 Å². The van der Waals surface area contributed by atoms with Gasteiger partial charge < -0.3 is 24.8 Å². The Kier molecular flexibility index (Phi) is 9.56. The van der Waals surface area contributed by atoms with Gasteiger partial charge in [-0.25, -0.2) is 13.8 Å². The minimum absolute atomic E-state index is 0.0753. The molecule has 15 heteroatoms. The van der Waals surface area contributed by atoms with Crippen molar-refractivity contribution in [2.75, 3.05) is 12.4 Å². The molecular weight excluding hydrogens is 546 g/mol. The van der Waals surface area contributed by atoms with Gasteiger partial charge in [-0.05, 0) is 45.9 Å². The van der Waals surface area contributed by atoms with Crippen molar-refractivity contribution in [1.82, 2.24) is 14.6 Å². The first-order valence-corrected chi connectivity index (χ1v) is 13.7. The van der Waals surface area contributed by atoms with Crippen molar-refractivity contribution in [3.05, 3.63) is 53.1 Å². The van der Waals surface area contributed by atoms with Crippen LogP contribution in [0, 0.1) is 0 Å². The maximum atomic E-state index is 14.2. The van der Waals surface area contributed by atoms with Crippen molar-refractivity contribution in [3.8, 4) is 5.75 Å². The molecule has 0 aliphatic carbocycles. The van der Waals surface area contributed by atoms with Gasteiger partial charge in [-0.2, -0.15) is 10.1 Å². The second kappa shape index (κ2) is 12.1. The lowest BCUT2D eigenvalue weighted by Gasteiger charge is -2.30. The lowest BCUT2D eigenvalue weighted by molar-refractivity contribution is -0.149. The number of carbonyl (C=O) groups excluding carboxylic acids is 1. The van der Waals surface area contributed by atoms with Crippen molar-refractivity contribution in [1.29, 1.82) is 0 Å². The van der Waals surface area contributed by atoms with E-state index in [4.69, 9.17) is 35.9 Å². The maximum Gasteiger partial charge on any atom is 0.459 e. The number of carbonyl (C=O) groups is 1. The first kappa shape index (κ1) is 30.0. The number of anilines is 1. The van der Waals surface area contributed by atoms with E-state index in [1.54, 1.807) is 32.0 Å². The third-order valence-corrected chi connectivity index (χ3v) is 7.88. The number of aliphatic hydroxyl groups excluding tert-OH is 1. The van der Waals surface area contributed by atoms with E-state index in [0.717, 1.165) is 4.57 Å². The molecule has 210 valence electrons. The second-order valence-corrected chi connectivity index (χ2v) is 11.4. The lowest BCUT2D eigenvalue weighted by Crippen LogP contribution is -2.47. The molecule has 1 fully saturated rings. The average Bonchev–Trinajstić information content (AvgIpc) is 3.10. The van der Waals surface area contributed by atoms with E-state index in [9.17, 15) is 23.7 Å². The third kappa shape index (κ3) is 6.71. The fourth-order valence-electron chi connectivity index (χ4n) is 3.77. The van der Waals surface area contributed by atoms with Gasteiger partial charge in [0.15, 0.2) is 6.23 Å². The summed E-state index contributed by atoms with van der Waals surface area (Å²) in [7, 11) is -4.36. The smallest absolute Gasteiger partial charge is 0.459 e. The van der Waals surface area contributed by atoms with Crippen LogP contribution in [0.5, 0.6) is 5.75 Å². The number of nitrogens with zero attached hydrogens (tertiary/aromatic N) is 2. The molecule has 0 amide bonds. The summed E-state index contributed by atoms with van der Waals surface area (Å²) in [5.41, 5.74) is 4.64. The quantitative estimate of drug-likeness (QED) is 0.204. The van der Waals surface area contributed by atoms with Gasteiger partial charge in [-0.3, -0.25) is 13.9 Å². The van der Waals surface area contributed by atoms with Crippen LogP contribution >= 0.6 is 19.3 Å². The van der Waals surface area contributed by atoms with Crippen LogP contribution in [0.3, 0.4) is 0 Å². The van der Waals surface area contributed by atoms with Crippen molar-refractivity contribution in [3.63, 3.8) is 0 Å². The fourth-order valence-corrected chi connectivity index (χ4v) is 5.74. The predicted molar refractivity (Wildman–Crippen MR) is 136 cm³/mol. The zero-order valence-electron chi connectivity index (χ0n) is 21.2. The predicted octanol–water partition coefficient (Wildman–Crippen LogP) is 2.55. The Bertz CT molecular complexity index is 1220. The van der Waals surface area contributed by atoms with E-state index in [2.05, 4.69) is 10.1 Å². The van der Waals surface area contributed by atoms with Crippen LogP contribution < -0.4 is 21.0 Å². The largest absolute Gasteiger partial charge is 0.462 e. The van der Waals surface area contributed by atoms with Gasteiger partial charge in [0.05, 0.1) is 12.2 Å². The molecule has 0 radical (unpaired) electrons. The standard InChI is InChI=1S/C23H31ClFN4O8P/c1-13(2)34-20(31)14(3)28-38(33,37-16-8-6-5-7-9-16)36-15(4)18-19(30)23(24,12-25)21(35-18)29-11-10-17(26)27-22(29)32/h5-11,13-15,18-19,21,30H,12H2,1-4H3,(H,28,33)(H2,26,27,32)/t14-,15+,18+,19?,21+,23+,38?/m0/s1. The van der Waals surface area contributed by atoms with E-state index < -0.39 is 67.6 Å². The summed E-state index contributed by atoms with van der Waals surface area (Å²) < 4.78 is 51.2. The molecule has 0 bridgehead atoms. The topological polar surface area (TPSA) is 164 Å². The average molecular weight is 577 g/mol. The van der Waals surface area contributed by atoms with E-state index in [1.165, 1.54) is 38.2 Å². The van der Waals surface area contributed by atoms with E-state index in [1.807, 2.05) is 0 Å². The number of para-hydroxylation sites is 1. The van der Waals surface area contributed by atoms with Gasteiger partial charge in [-0.1, -0.05) is 18.2 Å². The van der Waals surface area contributed by atoms with Gasteiger partial charge in [0.1, 0.15) is 41.4 Å². The zero-order valence-corrected chi connectivity index (χ0v) is 22.8. The van der Waals surface area contributed by atoms with Crippen molar-refractivity contribution in [2.45, 2.75) is 69.3 Å². The molecule has 1 aliphatic heterocycles. The highest BCUT2D eigenvalue weighted by molar-refractivity contribution is 7.52. The lowest BCUT2D eigenvalue weighted by atomic mass is 9.97. The monoisotopic (exact) mass is 576 g/mol. The Hall–Kier alpha value is -2.54. The number of ether oxygens (including phenoxy) is 2. The normalized spacial score (nSPS) is 26.5. The molecule has 1 saturated heterocycles. The highest BCUT2D eigenvalue weighted by Crippen LogP contribution is 2.50. The number of esters is 1. The molecule has 0 spiro atoms. The Balaban J connectivity index is 1.88. The Morgan fingerprint density at radius 3 is 2.55 bits per heavy atom. The van der Waals surface area contributed by atoms with Crippen LogP contribution in [0.25, 0.3) is 0 Å². The Morgan fingerprint density at radius 2 is 1.97 bits per heavy atom. The summed E-state index contributed by atoms with van der Waals surface area (Å²) in [6, 6.07) is 8.17. The molecule has 2 unspecified atom stereocenters. The van der Waals surface area contributed by atoms with Gasteiger partial charge in [-0.15, -0.1) is 11.6 Å². The molecule has 7 atom stereocenters. The Labute approximate surface area is 223 Å². The van der Waals surface area contributed by atoms with E-state index in [0.29, 0.717) is 0 Å². The number of halogens is 2. The van der Waals surface area contributed by atoms with Crippen molar-refractivity contribution in [2.24, 2.45) is 0 Å². The number of nitrogens with one attached hydrogen (secondary N) is 1. The molecule has 1 aromatic heterocycles. The van der Waals surface area contributed by atoms with Gasteiger partial charge in [0, 0.05) is 6.20 Å². The number of alkyl halides is 2. The zero-order chi connectivity index (χ0) is 28.3. The molecule has 38 heavy (non-hydrogen) atoms. The number of aromatic nitrogens is 2. The molecule has 1 aromatic carbocycles. The second-order valence-electron chi connectivity index (χ2n) is 9.05. The summed E-state index contributed by atoms with van der Waals surface area (Å²) in [5, 5.41) is 13.5. The van der Waals surface area contributed by atoms with Crippen LogP contribution in [0.4, 0.5) is 10.2 Å². The number of aliphatic hydroxyl groups is 1. The number of hydrogen-bond acceptors (Lipinski definition) is 10. The molecule has 2 aromatic rings. The molecular formula is C23H31ClFN4O8P.